The number of imide groups is 1. The van der Waals surface area contributed by atoms with Crippen molar-refractivity contribution in [3.8, 4) is 5.75 Å². The van der Waals surface area contributed by atoms with Gasteiger partial charge in [-0.05, 0) is 32.0 Å². The van der Waals surface area contributed by atoms with Gasteiger partial charge in [0.15, 0.2) is 5.54 Å². The minimum absolute atomic E-state index is 0.151. The Labute approximate surface area is 140 Å². The summed E-state index contributed by atoms with van der Waals surface area (Å²) in [6.07, 6.45) is 1.60. The predicted octanol–water partition coefficient (Wildman–Crippen LogP) is 2.37. The second-order valence-corrected chi connectivity index (χ2v) is 5.98. The van der Waals surface area contributed by atoms with Gasteiger partial charge < -0.3 is 10.1 Å². The van der Waals surface area contributed by atoms with Crippen molar-refractivity contribution in [2.75, 3.05) is 7.11 Å². The molecule has 6 heteroatoms. The Kier molecular flexibility index (Phi) is 3.97. The monoisotopic (exact) mass is 325 g/mol. The second kappa shape index (κ2) is 5.96. The number of hydrogen-bond donors (Lipinski definition) is 1. The lowest BCUT2D eigenvalue weighted by Crippen LogP contribution is -2.41. The smallest absolute Gasteiger partial charge is 0.325 e. The lowest BCUT2D eigenvalue weighted by molar-refractivity contribution is -0.131. The number of carbonyl (C=O) groups excluding carboxylic acids is 2. The van der Waals surface area contributed by atoms with E-state index in [1.165, 1.54) is 4.90 Å². The van der Waals surface area contributed by atoms with E-state index in [9.17, 15) is 9.59 Å². The normalized spacial score (nSPS) is 20.2. The maximum Gasteiger partial charge on any atom is 0.325 e. The average Bonchev–Trinajstić information content (AvgIpc) is 2.80. The van der Waals surface area contributed by atoms with Crippen LogP contribution in [0.15, 0.2) is 42.6 Å². The Morgan fingerprint density at radius 3 is 2.71 bits per heavy atom. The van der Waals surface area contributed by atoms with Gasteiger partial charge in [0.25, 0.3) is 5.91 Å². The van der Waals surface area contributed by atoms with Crippen molar-refractivity contribution in [1.82, 2.24) is 15.2 Å². The number of aromatic nitrogens is 1. The average molecular weight is 325 g/mol. The summed E-state index contributed by atoms with van der Waals surface area (Å²) in [6.45, 7) is 3.77. The van der Waals surface area contributed by atoms with Gasteiger partial charge in [-0.3, -0.25) is 14.7 Å². The van der Waals surface area contributed by atoms with Crippen molar-refractivity contribution < 1.29 is 14.3 Å². The van der Waals surface area contributed by atoms with Gasteiger partial charge in [0, 0.05) is 11.8 Å². The van der Waals surface area contributed by atoms with Gasteiger partial charge in [-0.15, -0.1) is 0 Å². The number of amides is 3. The van der Waals surface area contributed by atoms with Crippen LogP contribution in [0.5, 0.6) is 5.75 Å². The fourth-order valence-corrected chi connectivity index (χ4v) is 2.87. The zero-order valence-corrected chi connectivity index (χ0v) is 13.9. The van der Waals surface area contributed by atoms with Crippen molar-refractivity contribution in [1.29, 1.82) is 0 Å². The number of urea groups is 1. The Morgan fingerprint density at radius 1 is 1.25 bits per heavy atom. The summed E-state index contributed by atoms with van der Waals surface area (Å²) in [4.78, 5) is 30.7. The summed E-state index contributed by atoms with van der Waals surface area (Å²) in [5.74, 6) is 0.322. The van der Waals surface area contributed by atoms with Crippen LogP contribution in [0, 0.1) is 6.92 Å². The molecule has 0 spiro atoms. The van der Waals surface area contributed by atoms with E-state index in [-0.39, 0.29) is 12.5 Å². The van der Waals surface area contributed by atoms with Crippen LogP contribution in [-0.4, -0.2) is 28.9 Å². The van der Waals surface area contributed by atoms with E-state index >= 15 is 0 Å². The van der Waals surface area contributed by atoms with Gasteiger partial charge in [-0.25, -0.2) is 4.79 Å². The van der Waals surface area contributed by atoms with E-state index in [4.69, 9.17) is 4.74 Å². The molecule has 2 aromatic rings. The molecule has 1 atom stereocenters. The third kappa shape index (κ3) is 2.60. The van der Waals surface area contributed by atoms with Crippen LogP contribution in [0.25, 0.3) is 0 Å². The van der Waals surface area contributed by atoms with Crippen molar-refractivity contribution in [3.05, 3.63) is 59.4 Å². The van der Waals surface area contributed by atoms with Crippen molar-refractivity contribution in [2.24, 2.45) is 0 Å². The number of ether oxygens (including phenoxy) is 1. The van der Waals surface area contributed by atoms with Gasteiger partial charge >= 0.3 is 6.03 Å². The molecule has 1 aliphatic rings. The summed E-state index contributed by atoms with van der Waals surface area (Å²) in [5, 5.41) is 2.75. The molecule has 1 aromatic carbocycles. The number of benzene rings is 1. The molecule has 6 nitrogen and oxygen atoms in total. The maximum absolute atomic E-state index is 12.9. The minimum Gasteiger partial charge on any atom is -0.496 e. The molecule has 1 unspecified atom stereocenters. The highest BCUT2D eigenvalue weighted by molar-refractivity contribution is 6.06. The van der Waals surface area contributed by atoms with Crippen molar-refractivity contribution >= 4 is 11.9 Å². The number of hydrogen-bond acceptors (Lipinski definition) is 4. The summed E-state index contributed by atoms with van der Waals surface area (Å²) in [6, 6.07) is 10.5. The molecule has 24 heavy (non-hydrogen) atoms. The van der Waals surface area contributed by atoms with Gasteiger partial charge in [0.1, 0.15) is 5.75 Å². The van der Waals surface area contributed by atoms with Crippen LogP contribution < -0.4 is 10.1 Å². The zero-order chi connectivity index (χ0) is 17.3. The van der Waals surface area contributed by atoms with E-state index in [0.29, 0.717) is 11.4 Å². The Morgan fingerprint density at radius 2 is 2.04 bits per heavy atom. The molecule has 0 saturated carbocycles. The van der Waals surface area contributed by atoms with Crippen molar-refractivity contribution in [3.63, 3.8) is 0 Å². The quantitative estimate of drug-likeness (QED) is 0.876. The van der Waals surface area contributed by atoms with E-state index in [2.05, 4.69) is 10.3 Å². The first-order valence-electron chi connectivity index (χ1n) is 7.65. The number of nitrogens with zero attached hydrogens (tertiary/aromatic N) is 2. The Hall–Kier alpha value is -2.89. The second-order valence-electron chi connectivity index (χ2n) is 5.98. The van der Waals surface area contributed by atoms with Crippen molar-refractivity contribution in [2.45, 2.75) is 25.9 Å². The lowest BCUT2D eigenvalue weighted by atomic mass is 9.97. The Bertz CT molecular complexity index is 791. The summed E-state index contributed by atoms with van der Waals surface area (Å²) >= 11 is 0. The highest BCUT2D eigenvalue weighted by Crippen LogP contribution is 2.30. The summed E-state index contributed by atoms with van der Waals surface area (Å²) < 4.78 is 5.34. The minimum atomic E-state index is -1.16. The number of methoxy groups -OCH3 is 1. The summed E-state index contributed by atoms with van der Waals surface area (Å²) in [7, 11) is 1.57. The molecule has 0 radical (unpaired) electrons. The molecule has 124 valence electrons. The van der Waals surface area contributed by atoms with Crippen LogP contribution in [-0.2, 0) is 16.9 Å². The van der Waals surface area contributed by atoms with Gasteiger partial charge in [0.05, 0.1) is 19.3 Å². The van der Waals surface area contributed by atoms with Gasteiger partial charge in [-0.2, -0.15) is 0 Å². The third-order valence-electron chi connectivity index (χ3n) is 4.22. The molecular weight excluding hydrogens is 306 g/mol. The molecule has 2 heterocycles. The number of nitrogens with one attached hydrogen (secondary N) is 1. The number of carbonyl (C=O) groups is 2. The SMILES string of the molecule is COc1ccc(C)cc1CN1C(=O)NC(C)(c2ccccn2)C1=O. The first-order valence-corrected chi connectivity index (χ1v) is 7.65. The van der Waals surface area contributed by atoms with Crippen LogP contribution in [0.1, 0.15) is 23.7 Å². The molecule has 3 amide bonds. The zero-order valence-electron chi connectivity index (χ0n) is 13.9. The fourth-order valence-electron chi connectivity index (χ4n) is 2.87. The number of pyridine rings is 1. The molecule has 0 bridgehead atoms. The van der Waals surface area contributed by atoms with E-state index in [1.54, 1.807) is 38.4 Å². The number of aryl methyl sites for hydroxylation is 1. The Balaban J connectivity index is 1.92. The van der Waals surface area contributed by atoms with Crippen LogP contribution in [0.4, 0.5) is 4.79 Å². The third-order valence-corrected chi connectivity index (χ3v) is 4.22. The molecule has 1 saturated heterocycles. The topological polar surface area (TPSA) is 71.5 Å². The molecule has 1 aliphatic heterocycles. The number of rotatable bonds is 4. The van der Waals surface area contributed by atoms with E-state index < -0.39 is 11.6 Å². The molecular formula is C18H19N3O3. The van der Waals surface area contributed by atoms with E-state index in [0.717, 1.165) is 11.1 Å². The predicted molar refractivity (Wildman–Crippen MR) is 88.4 cm³/mol. The van der Waals surface area contributed by atoms with Gasteiger partial charge in [-0.1, -0.05) is 23.8 Å². The first kappa shape index (κ1) is 16.0. The first-order chi connectivity index (χ1) is 11.5. The summed E-state index contributed by atoms with van der Waals surface area (Å²) in [5.41, 5.74) is 1.17. The molecule has 3 rings (SSSR count). The maximum atomic E-state index is 12.9. The van der Waals surface area contributed by atoms with Crippen LogP contribution in [0.3, 0.4) is 0 Å². The van der Waals surface area contributed by atoms with E-state index in [1.807, 2.05) is 25.1 Å². The largest absolute Gasteiger partial charge is 0.496 e. The van der Waals surface area contributed by atoms with Gasteiger partial charge in [0.2, 0.25) is 0 Å². The lowest BCUT2D eigenvalue weighted by Gasteiger charge is -2.21. The van der Waals surface area contributed by atoms with Crippen LogP contribution >= 0.6 is 0 Å². The standard InChI is InChI=1S/C18H19N3O3/c1-12-7-8-14(24-3)13(10-12)11-21-16(22)18(2,20-17(21)23)15-6-4-5-9-19-15/h4-10H,11H2,1-3H3,(H,20,23). The molecule has 1 fully saturated rings. The molecule has 1 N–H and O–H groups in total. The van der Waals surface area contributed by atoms with Crippen LogP contribution in [0.2, 0.25) is 0 Å². The highest BCUT2D eigenvalue weighted by Gasteiger charge is 2.50. The highest BCUT2D eigenvalue weighted by atomic mass is 16.5. The fraction of sp³-hybridized carbons (Fsp3) is 0.278. The molecule has 0 aliphatic carbocycles. The molecule has 1 aromatic heterocycles.